The molecular weight excluding hydrogens is 462 g/mol. The third-order valence-corrected chi connectivity index (χ3v) is 6.34. The molecule has 0 fully saturated rings. The minimum absolute atomic E-state index is 0.212. The van der Waals surface area contributed by atoms with Crippen molar-refractivity contribution in [2.24, 2.45) is 0 Å². The third-order valence-electron chi connectivity index (χ3n) is 6.34. The average Bonchev–Trinajstić information content (AvgIpc) is 3.21. The van der Waals surface area contributed by atoms with Crippen molar-refractivity contribution < 1.29 is 28.7 Å². The van der Waals surface area contributed by atoms with Crippen LogP contribution in [-0.4, -0.2) is 55.7 Å². The molecule has 0 spiro atoms. The summed E-state index contributed by atoms with van der Waals surface area (Å²) >= 11 is 0. The Labute approximate surface area is 207 Å². The number of fused-ring (bicyclic) bond motifs is 5. The van der Waals surface area contributed by atoms with Gasteiger partial charge in [-0.05, 0) is 18.2 Å². The Bertz CT molecular complexity index is 1390. The number of Topliss-reactive ketones (excluding diaryl/α,β-unsaturated/α-hetero) is 1. The van der Waals surface area contributed by atoms with Crippen molar-refractivity contribution in [1.82, 2.24) is 10.2 Å². The van der Waals surface area contributed by atoms with Crippen LogP contribution < -0.4 is 19.7 Å². The Hall–Kier alpha value is -4.66. The average molecular weight is 485 g/mol. The van der Waals surface area contributed by atoms with Crippen LogP contribution in [0, 0.1) is 0 Å². The summed E-state index contributed by atoms with van der Waals surface area (Å²) < 4.78 is 10.9. The highest BCUT2D eigenvalue weighted by atomic mass is 16.5. The van der Waals surface area contributed by atoms with Crippen LogP contribution in [0.1, 0.15) is 42.8 Å². The number of rotatable bonds is 7. The molecule has 3 amide bonds. The second-order valence-electron chi connectivity index (χ2n) is 8.33. The Kier molecular flexibility index (Phi) is 5.89. The number of hydrogen-bond donors (Lipinski definition) is 1. The lowest BCUT2D eigenvalue weighted by Gasteiger charge is -2.40. The highest BCUT2D eigenvalue weighted by Gasteiger charge is 2.50. The lowest BCUT2D eigenvalue weighted by atomic mass is 10.0. The first-order valence-corrected chi connectivity index (χ1v) is 11.3. The molecule has 36 heavy (non-hydrogen) atoms. The zero-order valence-corrected chi connectivity index (χ0v) is 19.7. The molecule has 9 heteroatoms. The van der Waals surface area contributed by atoms with Crippen LogP contribution in [-0.2, 0) is 4.79 Å². The summed E-state index contributed by atoms with van der Waals surface area (Å²) in [6.45, 7) is -0.562. The molecule has 2 aliphatic rings. The molecule has 0 radical (unpaired) electrons. The molecule has 1 unspecified atom stereocenters. The SMILES string of the molecule is COc1ccc2c(c1OC)C(=O)N1c3ccccc3C(=O)N(CC(=O)NCC(=O)c3ccccc3)C21. The fraction of sp³-hybridized carbons (Fsp3) is 0.185. The monoisotopic (exact) mass is 485 g/mol. The largest absolute Gasteiger partial charge is 0.493 e. The number of methoxy groups -OCH3 is 2. The van der Waals surface area contributed by atoms with Crippen LogP contribution in [0.5, 0.6) is 11.5 Å². The van der Waals surface area contributed by atoms with Gasteiger partial charge in [0.25, 0.3) is 11.8 Å². The van der Waals surface area contributed by atoms with E-state index in [0.717, 1.165) is 0 Å². The van der Waals surface area contributed by atoms with Crippen LogP contribution in [0.25, 0.3) is 0 Å². The van der Waals surface area contributed by atoms with Crippen LogP contribution in [0.3, 0.4) is 0 Å². The number of ether oxygens (including phenoxy) is 2. The van der Waals surface area contributed by atoms with Gasteiger partial charge in [-0.15, -0.1) is 0 Å². The van der Waals surface area contributed by atoms with Gasteiger partial charge in [-0.1, -0.05) is 48.5 Å². The molecule has 1 N–H and O–H groups in total. The van der Waals surface area contributed by atoms with Crippen molar-refractivity contribution in [3.8, 4) is 11.5 Å². The highest BCUT2D eigenvalue weighted by molar-refractivity contribution is 6.18. The second kappa shape index (κ2) is 9.18. The standard InChI is InChI=1S/C27H23N3O6/c1-35-21-13-12-18-23(24(21)36-2)27(34)30-19-11-7-6-10-17(19)26(33)29(25(18)30)15-22(32)28-14-20(31)16-8-4-3-5-9-16/h3-13,25H,14-15H2,1-2H3,(H,28,32). The summed E-state index contributed by atoms with van der Waals surface area (Å²) in [6, 6.07) is 18.7. The number of ketones is 1. The predicted octanol–water partition coefficient (Wildman–Crippen LogP) is 2.82. The number of benzene rings is 3. The Morgan fingerprint density at radius 2 is 1.61 bits per heavy atom. The van der Waals surface area contributed by atoms with Crippen molar-refractivity contribution in [1.29, 1.82) is 0 Å². The molecule has 5 rings (SSSR count). The molecule has 182 valence electrons. The van der Waals surface area contributed by atoms with Gasteiger partial charge in [0.15, 0.2) is 17.3 Å². The summed E-state index contributed by atoms with van der Waals surface area (Å²) in [7, 11) is 2.92. The first-order chi connectivity index (χ1) is 17.5. The van der Waals surface area contributed by atoms with E-state index in [2.05, 4.69) is 5.32 Å². The minimum atomic E-state index is -0.856. The predicted molar refractivity (Wildman–Crippen MR) is 130 cm³/mol. The molecule has 0 aliphatic carbocycles. The molecule has 3 aromatic rings. The van der Waals surface area contributed by atoms with E-state index in [4.69, 9.17) is 9.47 Å². The molecule has 9 nitrogen and oxygen atoms in total. The minimum Gasteiger partial charge on any atom is -0.493 e. The Morgan fingerprint density at radius 1 is 0.889 bits per heavy atom. The lowest BCUT2D eigenvalue weighted by molar-refractivity contribution is -0.122. The Balaban J connectivity index is 1.48. The van der Waals surface area contributed by atoms with E-state index in [0.29, 0.717) is 28.1 Å². The van der Waals surface area contributed by atoms with E-state index in [9.17, 15) is 19.2 Å². The zero-order valence-electron chi connectivity index (χ0n) is 19.7. The van der Waals surface area contributed by atoms with Gasteiger partial charge in [0.1, 0.15) is 12.7 Å². The van der Waals surface area contributed by atoms with E-state index < -0.39 is 18.0 Å². The van der Waals surface area contributed by atoms with Gasteiger partial charge in [0.05, 0.1) is 37.6 Å². The fourth-order valence-electron chi connectivity index (χ4n) is 4.70. The molecule has 1 atom stereocenters. The molecule has 0 aromatic heterocycles. The van der Waals surface area contributed by atoms with Crippen LogP contribution in [0.2, 0.25) is 0 Å². The first-order valence-electron chi connectivity index (χ1n) is 11.3. The third kappa shape index (κ3) is 3.65. The van der Waals surface area contributed by atoms with Gasteiger partial charge in [0.2, 0.25) is 5.91 Å². The summed E-state index contributed by atoms with van der Waals surface area (Å²) in [6.07, 6.45) is -0.856. The summed E-state index contributed by atoms with van der Waals surface area (Å²) in [5, 5.41) is 2.60. The van der Waals surface area contributed by atoms with Gasteiger partial charge >= 0.3 is 0 Å². The number of amides is 3. The van der Waals surface area contributed by atoms with Crippen LogP contribution >= 0.6 is 0 Å². The van der Waals surface area contributed by atoms with Crippen molar-refractivity contribution in [3.05, 3.63) is 89.0 Å². The maximum atomic E-state index is 13.7. The van der Waals surface area contributed by atoms with Crippen LogP contribution in [0.4, 0.5) is 5.69 Å². The maximum Gasteiger partial charge on any atom is 0.264 e. The number of carbonyl (C=O) groups is 4. The highest BCUT2D eigenvalue weighted by Crippen LogP contribution is 2.49. The van der Waals surface area contributed by atoms with E-state index in [1.807, 2.05) is 0 Å². The second-order valence-corrected chi connectivity index (χ2v) is 8.33. The van der Waals surface area contributed by atoms with Gasteiger partial charge in [-0.3, -0.25) is 24.1 Å². The zero-order chi connectivity index (χ0) is 25.4. The molecular formula is C27H23N3O6. The van der Waals surface area contributed by atoms with Gasteiger partial charge in [-0.2, -0.15) is 0 Å². The van der Waals surface area contributed by atoms with Gasteiger partial charge in [0, 0.05) is 11.1 Å². The summed E-state index contributed by atoms with van der Waals surface area (Å²) in [5.41, 5.74) is 2.02. The van der Waals surface area contributed by atoms with Crippen molar-refractivity contribution in [2.45, 2.75) is 6.17 Å². The van der Waals surface area contributed by atoms with Crippen LogP contribution in [0.15, 0.2) is 66.7 Å². The maximum absolute atomic E-state index is 13.7. The van der Waals surface area contributed by atoms with E-state index >= 15 is 0 Å². The van der Waals surface area contributed by atoms with Gasteiger partial charge in [-0.25, -0.2) is 0 Å². The van der Waals surface area contributed by atoms with Crippen molar-refractivity contribution in [2.75, 3.05) is 32.2 Å². The molecule has 2 aliphatic heterocycles. The summed E-state index contributed by atoms with van der Waals surface area (Å²) in [4.78, 5) is 55.3. The Morgan fingerprint density at radius 3 is 2.33 bits per heavy atom. The quantitative estimate of drug-likeness (QED) is 0.516. The first kappa shape index (κ1) is 23.1. The van der Waals surface area contributed by atoms with Crippen molar-refractivity contribution in [3.63, 3.8) is 0 Å². The number of hydrogen-bond acceptors (Lipinski definition) is 6. The smallest absolute Gasteiger partial charge is 0.264 e. The molecule has 2 heterocycles. The van der Waals surface area contributed by atoms with E-state index in [1.165, 1.54) is 24.0 Å². The van der Waals surface area contributed by atoms with E-state index in [-0.39, 0.29) is 36.1 Å². The number of para-hydroxylation sites is 1. The lowest BCUT2D eigenvalue weighted by Crippen LogP contribution is -2.51. The normalized spacial score (nSPS) is 15.7. The number of anilines is 1. The van der Waals surface area contributed by atoms with E-state index in [1.54, 1.807) is 66.7 Å². The van der Waals surface area contributed by atoms with Crippen molar-refractivity contribution >= 4 is 29.2 Å². The fourth-order valence-corrected chi connectivity index (χ4v) is 4.70. The topological polar surface area (TPSA) is 105 Å². The summed E-state index contributed by atoms with van der Waals surface area (Å²) in [5.74, 6) is -0.889. The molecule has 0 bridgehead atoms. The number of nitrogens with zero attached hydrogens (tertiary/aromatic N) is 2. The number of carbonyl (C=O) groups excluding carboxylic acids is 4. The molecule has 0 saturated carbocycles. The number of nitrogens with one attached hydrogen (secondary N) is 1. The van der Waals surface area contributed by atoms with Gasteiger partial charge < -0.3 is 19.7 Å². The molecule has 0 saturated heterocycles. The molecule has 3 aromatic carbocycles.